The number of anilines is 1. The topological polar surface area (TPSA) is 146 Å². The molecule has 3 atom stereocenters. The molecule has 12 heteroatoms. The lowest BCUT2D eigenvalue weighted by Crippen LogP contribution is -2.51. The number of aromatic nitrogens is 6. The Morgan fingerprint density at radius 1 is 0.896 bits per heavy atom. The number of hydrogen-bond donors (Lipinski definition) is 1. The molecule has 5 heterocycles. The van der Waals surface area contributed by atoms with Gasteiger partial charge in [-0.25, -0.2) is 0 Å². The van der Waals surface area contributed by atoms with Crippen LogP contribution >= 0.6 is 0 Å². The van der Waals surface area contributed by atoms with Gasteiger partial charge in [-0.15, -0.1) is 0 Å². The molecule has 5 aromatic rings. The molecule has 2 aromatic carbocycles. The third kappa shape index (κ3) is 5.25. The summed E-state index contributed by atoms with van der Waals surface area (Å²) in [6.45, 7) is 1.34. The molecule has 1 unspecified atom stereocenters. The van der Waals surface area contributed by atoms with Crippen LogP contribution in [0.25, 0.3) is 5.69 Å². The fraction of sp³-hybridized carbons (Fsp3) is 0.222. The van der Waals surface area contributed by atoms with E-state index in [9.17, 15) is 14.9 Å². The van der Waals surface area contributed by atoms with Crippen molar-refractivity contribution >= 4 is 17.6 Å². The van der Waals surface area contributed by atoms with Gasteiger partial charge in [-0.05, 0) is 82.2 Å². The van der Waals surface area contributed by atoms with Gasteiger partial charge in [0.2, 0.25) is 5.95 Å². The summed E-state index contributed by atoms with van der Waals surface area (Å²) in [7, 11) is 0. The first-order valence-corrected chi connectivity index (χ1v) is 15.8. The highest BCUT2D eigenvalue weighted by atomic mass is 16.2. The Labute approximate surface area is 276 Å². The predicted octanol–water partition coefficient (Wildman–Crippen LogP) is 3.14. The fourth-order valence-corrected chi connectivity index (χ4v) is 7.17. The van der Waals surface area contributed by atoms with E-state index in [4.69, 9.17) is 0 Å². The maximum absolute atomic E-state index is 14.9. The number of fused-ring (bicyclic) bond motifs is 1. The first kappa shape index (κ1) is 29.2. The number of amides is 1. The van der Waals surface area contributed by atoms with Crippen molar-refractivity contribution in [3.63, 3.8) is 0 Å². The van der Waals surface area contributed by atoms with Crippen LogP contribution in [0.4, 0.5) is 5.95 Å². The van der Waals surface area contributed by atoms with Crippen LogP contribution in [0.3, 0.4) is 0 Å². The van der Waals surface area contributed by atoms with E-state index in [-0.39, 0.29) is 29.6 Å². The van der Waals surface area contributed by atoms with Gasteiger partial charge >= 0.3 is 0 Å². The first-order chi connectivity index (χ1) is 23.5. The second-order valence-corrected chi connectivity index (χ2v) is 12.5. The minimum absolute atomic E-state index is 0.0740. The van der Waals surface area contributed by atoms with E-state index in [0.717, 1.165) is 16.8 Å². The molecule has 0 spiro atoms. The molecule has 3 aromatic heterocycles. The molecule has 2 aliphatic heterocycles. The Bertz CT molecular complexity index is 1990. The lowest BCUT2D eigenvalue weighted by atomic mass is 9.85. The summed E-state index contributed by atoms with van der Waals surface area (Å²) in [5.41, 5.74) is 2.64. The van der Waals surface area contributed by atoms with Crippen molar-refractivity contribution in [2.45, 2.75) is 24.4 Å². The van der Waals surface area contributed by atoms with E-state index in [0.29, 0.717) is 48.8 Å². The maximum atomic E-state index is 14.9. The lowest BCUT2D eigenvalue weighted by molar-refractivity contribution is -0.132. The van der Waals surface area contributed by atoms with Crippen LogP contribution in [0, 0.1) is 23.2 Å². The zero-order valence-corrected chi connectivity index (χ0v) is 25.8. The number of hydrogen-bond acceptors (Lipinski definition) is 10. The van der Waals surface area contributed by atoms with Gasteiger partial charge in [-0.3, -0.25) is 24.5 Å². The molecule has 1 amide bonds. The average Bonchev–Trinajstić information content (AvgIpc) is 3.48. The lowest BCUT2D eigenvalue weighted by Gasteiger charge is -2.28. The Morgan fingerprint density at radius 2 is 1.52 bits per heavy atom. The summed E-state index contributed by atoms with van der Waals surface area (Å²) < 4.78 is 1.73. The molecule has 12 nitrogen and oxygen atoms in total. The van der Waals surface area contributed by atoms with Crippen molar-refractivity contribution in [3.05, 3.63) is 138 Å². The zero-order chi connectivity index (χ0) is 32.7. The van der Waals surface area contributed by atoms with Gasteiger partial charge in [0.15, 0.2) is 5.78 Å². The number of tetrazole rings is 1. The molecule has 0 radical (unpaired) electrons. The van der Waals surface area contributed by atoms with E-state index in [2.05, 4.69) is 41.8 Å². The summed E-state index contributed by atoms with van der Waals surface area (Å²) in [5, 5.41) is 25.3. The Kier molecular flexibility index (Phi) is 7.21. The number of carbonyl (C=O) groups excluding carboxylic acids is 2. The minimum atomic E-state index is -1.05. The second-order valence-electron chi connectivity index (χ2n) is 12.5. The molecule has 8 rings (SSSR count). The number of pyridine rings is 2. The number of nitrogens with zero attached hydrogens (tertiary/aromatic N) is 9. The maximum Gasteiger partial charge on any atom is 0.254 e. The monoisotopic (exact) mass is 634 g/mol. The Morgan fingerprint density at radius 3 is 2.12 bits per heavy atom. The highest BCUT2D eigenvalue weighted by molar-refractivity contribution is 6.06. The SMILES string of the molecule is N#Cc1ccc(C(=O)/C=C2\NC(Cc3ccncc3)(Cc3ccncc3)C(=O)N2C2[C@H]3CN(c4nnnn4-c4ccccc4)C[C@@H]23)cc1. The number of allylic oxidation sites excluding steroid dienone is 1. The first-order valence-electron chi connectivity index (χ1n) is 15.8. The number of carbonyl (C=O) groups is 2. The quantitative estimate of drug-likeness (QED) is 0.190. The largest absolute Gasteiger partial charge is 0.357 e. The van der Waals surface area contributed by atoms with E-state index in [1.165, 1.54) is 6.08 Å². The Balaban J connectivity index is 1.13. The van der Waals surface area contributed by atoms with Crippen LogP contribution in [0.1, 0.15) is 27.0 Å². The summed E-state index contributed by atoms with van der Waals surface area (Å²) in [4.78, 5) is 40.9. The minimum Gasteiger partial charge on any atom is -0.357 e. The van der Waals surface area contributed by atoms with Crippen LogP contribution in [-0.4, -0.2) is 71.4 Å². The third-order valence-corrected chi connectivity index (χ3v) is 9.52. The molecule has 1 saturated carbocycles. The summed E-state index contributed by atoms with van der Waals surface area (Å²) in [5.74, 6) is 1.16. The number of piperidine rings is 1. The number of ketones is 1. The normalized spacial score (nSPS) is 21.5. The number of rotatable bonds is 9. The van der Waals surface area contributed by atoms with Gasteiger partial charge in [0, 0.05) is 80.2 Å². The summed E-state index contributed by atoms with van der Waals surface area (Å²) >= 11 is 0. The molecular weight excluding hydrogens is 604 g/mol. The average molecular weight is 635 g/mol. The van der Waals surface area contributed by atoms with E-state index in [1.54, 1.807) is 53.7 Å². The number of nitriles is 1. The molecule has 3 fully saturated rings. The van der Waals surface area contributed by atoms with Crippen molar-refractivity contribution in [3.8, 4) is 11.8 Å². The second kappa shape index (κ2) is 11.9. The highest BCUT2D eigenvalue weighted by Gasteiger charge is 2.65. The molecule has 48 heavy (non-hydrogen) atoms. The van der Waals surface area contributed by atoms with Gasteiger partial charge < -0.3 is 10.2 Å². The molecule has 3 aliphatic rings. The highest BCUT2D eigenvalue weighted by Crippen LogP contribution is 2.52. The fourth-order valence-electron chi connectivity index (χ4n) is 7.17. The summed E-state index contributed by atoms with van der Waals surface area (Å²) in [6, 6.07) is 25.9. The standard InChI is InChI=1S/C36H30N10O2/c37-21-26-6-8-27(9-7-26)31(47)18-32-40-36(19-24-10-14-38-15-11-24,20-25-12-16-39-17-13-25)34(48)45(32)33-29-22-44(23-30(29)33)35-41-42-43-46(35)28-4-2-1-3-5-28/h1-18,29-30,33,40H,19-20,22-23H2/b32-18+/t29-,30+,33?. The Hall–Kier alpha value is -6.22. The van der Waals surface area contributed by atoms with Crippen LogP contribution in [-0.2, 0) is 17.6 Å². The van der Waals surface area contributed by atoms with Gasteiger partial charge in [-0.1, -0.05) is 23.3 Å². The number of benzene rings is 2. The molecule has 0 bridgehead atoms. The van der Waals surface area contributed by atoms with Gasteiger partial charge in [-0.2, -0.15) is 9.94 Å². The smallest absolute Gasteiger partial charge is 0.254 e. The van der Waals surface area contributed by atoms with Crippen LogP contribution in [0.5, 0.6) is 0 Å². The molecule has 1 N–H and O–H groups in total. The van der Waals surface area contributed by atoms with Crippen LogP contribution in [0.15, 0.2) is 116 Å². The number of para-hydroxylation sites is 1. The van der Waals surface area contributed by atoms with Crippen LogP contribution in [0.2, 0.25) is 0 Å². The summed E-state index contributed by atoms with van der Waals surface area (Å²) in [6.07, 6.45) is 9.22. The predicted molar refractivity (Wildman–Crippen MR) is 174 cm³/mol. The van der Waals surface area contributed by atoms with Crippen molar-refractivity contribution in [2.24, 2.45) is 11.8 Å². The molecule has 1 aliphatic carbocycles. The van der Waals surface area contributed by atoms with E-state index in [1.807, 2.05) is 59.5 Å². The molecular formula is C36H30N10O2. The van der Waals surface area contributed by atoms with Crippen molar-refractivity contribution in [1.29, 1.82) is 5.26 Å². The molecule has 236 valence electrons. The third-order valence-electron chi connectivity index (χ3n) is 9.52. The zero-order valence-electron chi connectivity index (χ0n) is 25.8. The van der Waals surface area contributed by atoms with Gasteiger partial charge in [0.25, 0.3) is 5.91 Å². The van der Waals surface area contributed by atoms with Crippen LogP contribution < -0.4 is 10.2 Å². The molecule has 2 saturated heterocycles. The van der Waals surface area contributed by atoms with Gasteiger partial charge in [0.1, 0.15) is 11.4 Å². The van der Waals surface area contributed by atoms with Crippen molar-refractivity contribution in [1.82, 2.24) is 40.4 Å². The van der Waals surface area contributed by atoms with E-state index >= 15 is 0 Å². The van der Waals surface area contributed by atoms with Crippen molar-refractivity contribution in [2.75, 3.05) is 18.0 Å². The number of nitrogens with one attached hydrogen (secondary N) is 1. The van der Waals surface area contributed by atoms with Gasteiger partial charge in [0.05, 0.1) is 17.3 Å². The van der Waals surface area contributed by atoms with Crippen molar-refractivity contribution < 1.29 is 9.59 Å². The van der Waals surface area contributed by atoms with E-state index < -0.39 is 5.54 Å².